The van der Waals surface area contributed by atoms with Crippen molar-refractivity contribution in [1.82, 2.24) is 0 Å². The second-order valence-corrected chi connectivity index (χ2v) is 7.50. The Morgan fingerprint density at radius 3 is 2.68 bits per heavy atom. The third-order valence-electron chi connectivity index (χ3n) is 3.81. The van der Waals surface area contributed by atoms with Crippen molar-refractivity contribution in [2.75, 3.05) is 11.4 Å². The van der Waals surface area contributed by atoms with Crippen LogP contribution in [0.4, 0.5) is 5.69 Å². The van der Waals surface area contributed by atoms with Gasteiger partial charge in [0, 0.05) is 11.1 Å². The molecule has 0 bridgehead atoms. The molecule has 1 aliphatic rings. The molecule has 0 amide bonds. The Morgan fingerprint density at radius 1 is 1.23 bits per heavy atom. The van der Waals surface area contributed by atoms with Crippen molar-refractivity contribution in [2.45, 2.75) is 24.3 Å². The maximum Gasteiger partial charge on any atom is 0.268 e. The van der Waals surface area contributed by atoms with Gasteiger partial charge in [-0.3, -0.25) is 4.31 Å². The van der Waals surface area contributed by atoms with Gasteiger partial charge in [-0.1, -0.05) is 29.8 Å². The van der Waals surface area contributed by atoms with Gasteiger partial charge in [-0.05, 0) is 43.2 Å². The maximum atomic E-state index is 13.1. The topological polar surface area (TPSA) is 46.6 Å². The summed E-state index contributed by atoms with van der Waals surface area (Å²) in [5.41, 5.74) is 1.75. The third kappa shape index (κ3) is 2.34. The van der Waals surface area contributed by atoms with Gasteiger partial charge < -0.3 is 4.74 Å². The molecular formula is C16H16ClNO3S. The molecule has 1 heterocycles. The van der Waals surface area contributed by atoms with Crippen LogP contribution in [0.3, 0.4) is 0 Å². The predicted molar refractivity (Wildman–Crippen MR) is 87.3 cm³/mol. The van der Waals surface area contributed by atoms with Gasteiger partial charge in [0.2, 0.25) is 0 Å². The standard InChI is InChI=1S/C16H16ClNO3S/c1-11-9-12-5-3-4-6-14(12)18(11)22(19,20)16-10-13(17)7-8-15(16)21-2/h3-8,10-11H,9H2,1-2H3/t11-/m1/s1. The number of halogens is 1. The highest BCUT2D eigenvalue weighted by atomic mass is 35.5. The highest BCUT2D eigenvalue weighted by Crippen LogP contribution is 2.39. The zero-order valence-corrected chi connectivity index (χ0v) is 13.9. The molecule has 2 aromatic carbocycles. The molecule has 0 saturated heterocycles. The second kappa shape index (κ2) is 5.48. The van der Waals surface area contributed by atoms with Crippen LogP contribution in [-0.2, 0) is 16.4 Å². The van der Waals surface area contributed by atoms with E-state index in [4.69, 9.17) is 16.3 Å². The molecule has 116 valence electrons. The number of hydrogen-bond donors (Lipinski definition) is 0. The molecule has 0 spiro atoms. The first kappa shape index (κ1) is 15.2. The van der Waals surface area contributed by atoms with Crippen molar-refractivity contribution < 1.29 is 13.2 Å². The van der Waals surface area contributed by atoms with Crippen LogP contribution < -0.4 is 9.04 Å². The van der Waals surface area contributed by atoms with E-state index in [0.717, 1.165) is 11.3 Å². The molecule has 0 unspecified atom stereocenters. The van der Waals surface area contributed by atoms with Crippen LogP contribution in [0.5, 0.6) is 5.75 Å². The normalized spacial score (nSPS) is 17.4. The van der Waals surface area contributed by atoms with E-state index < -0.39 is 10.0 Å². The number of para-hydroxylation sites is 1. The first-order valence-corrected chi connectivity index (χ1v) is 8.73. The molecule has 0 aliphatic carbocycles. The second-order valence-electron chi connectivity index (χ2n) is 5.28. The number of hydrogen-bond acceptors (Lipinski definition) is 3. The van der Waals surface area contributed by atoms with Crippen molar-refractivity contribution in [3.63, 3.8) is 0 Å². The highest BCUT2D eigenvalue weighted by molar-refractivity contribution is 7.93. The molecule has 0 N–H and O–H groups in total. The molecule has 0 saturated carbocycles. The van der Waals surface area contributed by atoms with E-state index in [0.29, 0.717) is 17.2 Å². The summed E-state index contributed by atoms with van der Waals surface area (Å²) in [7, 11) is -2.29. The van der Waals surface area contributed by atoms with Gasteiger partial charge in [0.25, 0.3) is 10.0 Å². The molecule has 1 atom stereocenters. The lowest BCUT2D eigenvalue weighted by Gasteiger charge is -2.25. The Labute approximate surface area is 135 Å². The summed E-state index contributed by atoms with van der Waals surface area (Å²) >= 11 is 5.98. The fourth-order valence-electron chi connectivity index (χ4n) is 2.86. The number of benzene rings is 2. The quantitative estimate of drug-likeness (QED) is 0.861. The summed E-state index contributed by atoms with van der Waals surface area (Å²) < 4.78 is 32.9. The minimum Gasteiger partial charge on any atom is -0.495 e. The Kier molecular flexibility index (Phi) is 3.78. The SMILES string of the molecule is COc1ccc(Cl)cc1S(=O)(=O)N1c2ccccc2C[C@H]1C. The summed E-state index contributed by atoms with van der Waals surface area (Å²) in [6.45, 7) is 1.90. The first-order valence-electron chi connectivity index (χ1n) is 6.91. The number of methoxy groups -OCH3 is 1. The van der Waals surface area contributed by atoms with Crippen LogP contribution >= 0.6 is 11.6 Å². The Bertz CT molecular complexity index is 820. The van der Waals surface area contributed by atoms with E-state index in [2.05, 4.69) is 0 Å². The van der Waals surface area contributed by atoms with E-state index >= 15 is 0 Å². The molecule has 4 nitrogen and oxygen atoms in total. The highest BCUT2D eigenvalue weighted by Gasteiger charge is 2.37. The number of fused-ring (bicyclic) bond motifs is 1. The lowest BCUT2D eigenvalue weighted by Crippen LogP contribution is -2.35. The van der Waals surface area contributed by atoms with Crippen LogP contribution in [0.15, 0.2) is 47.4 Å². The van der Waals surface area contributed by atoms with Gasteiger partial charge in [-0.2, -0.15) is 0 Å². The van der Waals surface area contributed by atoms with Gasteiger partial charge in [0.15, 0.2) is 0 Å². The van der Waals surface area contributed by atoms with Crippen molar-refractivity contribution in [3.8, 4) is 5.75 Å². The smallest absolute Gasteiger partial charge is 0.268 e. The molecular weight excluding hydrogens is 322 g/mol. The molecule has 0 fully saturated rings. The number of sulfonamides is 1. The minimum absolute atomic E-state index is 0.0889. The predicted octanol–water partition coefficient (Wildman–Crippen LogP) is 3.49. The zero-order chi connectivity index (χ0) is 15.9. The van der Waals surface area contributed by atoms with Crippen LogP contribution in [0.1, 0.15) is 12.5 Å². The van der Waals surface area contributed by atoms with Crippen molar-refractivity contribution >= 4 is 27.3 Å². The third-order valence-corrected chi connectivity index (χ3v) is 5.99. The average Bonchev–Trinajstić information content (AvgIpc) is 2.83. The van der Waals surface area contributed by atoms with E-state index in [-0.39, 0.29) is 10.9 Å². The molecule has 0 aromatic heterocycles. The van der Waals surface area contributed by atoms with Crippen LogP contribution in [-0.4, -0.2) is 21.6 Å². The molecule has 3 rings (SSSR count). The number of rotatable bonds is 3. The van der Waals surface area contributed by atoms with Gasteiger partial charge in [-0.25, -0.2) is 8.42 Å². The van der Waals surface area contributed by atoms with E-state index in [9.17, 15) is 8.42 Å². The maximum absolute atomic E-state index is 13.1. The Morgan fingerprint density at radius 2 is 1.95 bits per heavy atom. The van der Waals surface area contributed by atoms with Crippen molar-refractivity contribution in [2.24, 2.45) is 0 Å². The lowest BCUT2D eigenvalue weighted by atomic mass is 10.1. The number of anilines is 1. The molecule has 2 aromatic rings. The Balaban J connectivity index is 2.17. The zero-order valence-electron chi connectivity index (χ0n) is 12.3. The van der Waals surface area contributed by atoms with Crippen LogP contribution in [0.2, 0.25) is 5.02 Å². The van der Waals surface area contributed by atoms with Crippen molar-refractivity contribution in [1.29, 1.82) is 0 Å². The van der Waals surface area contributed by atoms with Gasteiger partial charge in [0.05, 0.1) is 12.8 Å². The summed E-state index contributed by atoms with van der Waals surface area (Å²) in [4.78, 5) is 0.0889. The lowest BCUT2D eigenvalue weighted by molar-refractivity contribution is 0.402. The number of nitrogens with zero attached hydrogens (tertiary/aromatic N) is 1. The summed E-state index contributed by atoms with van der Waals surface area (Å²) in [5, 5.41) is 0.361. The van der Waals surface area contributed by atoms with E-state index in [1.165, 1.54) is 17.5 Å². The monoisotopic (exact) mass is 337 g/mol. The minimum atomic E-state index is -3.74. The molecule has 22 heavy (non-hydrogen) atoms. The average molecular weight is 338 g/mol. The fraction of sp³-hybridized carbons (Fsp3) is 0.250. The fourth-order valence-corrected chi connectivity index (χ4v) is 4.98. The van der Waals surface area contributed by atoms with E-state index in [1.807, 2.05) is 31.2 Å². The summed E-state index contributed by atoms with van der Waals surface area (Å²) in [6, 6.07) is 12.0. The van der Waals surface area contributed by atoms with Gasteiger partial charge in [0.1, 0.15) is 10.6 Å². The largest absolute Gasteiger partial charge is 0.495 e. The first-order chi connectivity index (χ1) is 10.4. The summed E-state index contributed by atoms with van der Waals surface area (Å²) in [5.74, 6) is 0.293. The van der Waals surface area contributed by atoms with Crippen molar-refractivity contribution in [3.05, 3.63) is 53.1 Å². The molecule has 0 radical (unpaired) electrons. The van der Waals surface area contributed by atoms with Gasteiger partial charge >= 0.3 is 0 Å². The Hall–Kier alpha value is -1.72. The molecule has 1 aliphatic heterocycles. The van der Waals surface area contributed by atoms with Crippen LogP contribution in [0.25, 0.3) is 0 Å². The van der Waals surface area contributed by atoms with Crippen LogP contribution in [0, 0.1) is 0 Å². The van der Waals surface area contributed by atoms with E-state index in [1.54, 1.807) is 12.1 Å². The number of ether oxygens (including phenoxy) is 1. The van der Waals surface area contributed by atoms with Gasteiger partial charge in [-0.15, -0.1) is 0 Å². The molecule has 6 heteroatoms. The summed E-state index contributed by atoms with van der Waals surface area (Å²) in [6.07, 6.45) is 0.693.